The van der Waals surface area contributed by atoms with Crippen LogP contribution in [0.2, 0.25) is 0 Å². The van der Waals surface area contributed by atoms with Crippen molar-refractivity contribution < 1.29 is 18.7 Å². The monoisotopic (exact) mass is 534 g/mol. The molecule has 0 aromatic heterocycles. The molecule has 0 radical (unpaired) electrons. The number of carbonyl (C=O) groups excluding carboxylic acids is 1. The predicted molar refractivity (Wildman–Crippen MR) is 125 cm³/mol. The van der Waals surface area contributed by atoms with E-state index in [1.807, 2.05) is 13.0 Å². The van der Waals surface area contributed by atoms with Crippen LogP contribution in [0.4, 0.5) is 4.39 Å². The van der Waals surface area contributed by atoms with E-state index in [0.29, 0.717) is 29.2 Å². The van der Waals surface area contributed by atoms with Gasteiger partial charge in [-0.1, -0.05) is 31.0 Å². The number of hydrogen-bond acceptors (Lipinski definition) is 4. The van der Waals surface area contributed by atoms with E-state index in [9.17, 15) is 14.4 Å². The molecule has 0 heterocycles. The maximum Gasteiger partial charge on any atom is 0.262 e. The molecule has 0 saturated heterocycles. The lowest BCUT2D eigenvalue weighted by molar-refractivity contribution is -0.117. The minimum Gasteiger partial charge on any atom is -0.490 e. The van der Waals surface area contributed by atoms with Crippen LogP contribution < -0.4 is 14.8 Å². The van der Waals surface area contributed by atoms with Crippen molar-refractivity contribution in [2.45, 2.75) is 45.3 Å². The summed E-state index contributed by atoms with van der Waals surface area (Å²) in [4.78, 5) is 12.5. The van der Waals surface area contributed by atoms with Crippen molar-refractivity contribution in [3.8, 4) is 17.6 Å². The Morgan fingerprint density at radius 3 is 2.71 bits per heavy atom. The molecule has 2 aromatic carbocycles. The summed E-state index contributed by atoms with van der Waals surface area (Å²) in [7, 11) is 0. The van der Waals surface area contributed by atoms with Crippen LogP contribution in [0.1, 0.15) is 43.7 Å². The number of ether oxygens (including phenoxy) is 2. The van der Waals surface area contributed by atoms with E-state index in [1.54, 1.807) is 36.4 Å². The first-order valence-electron chi connectivity index (χ1n) is 10.3. The normalized spacial score (nSPS) is 14.2. The second kappa shape index (κ2) is 11.1. The Hall–Kier alpha value is -2.60. The second-order valence-electron chi connectivity index (χ2n) is 7.27. The number of rotatable bonds is 8. The van der Waals surface area contributed by atoms with E-state index in [2.05, 4.69) is 27.9 Å². The Kier molecular flexibility index (Phi) is 8.29. The highest BCUT2D eigenvalue weighted by atomic mass is 127. The van der Waals surface area contributed by atoms with Crippen molar-refractivity contribution in [1.82, 2.24) is 5.32 Å². The van der Waals surface area contributed by atoms with E-state index < -0.39 is 0 Å². The van der Waals surface area contributed by atoms with Crippen LogP contribution in [-0.4, -0.2) is 18.6 Å². The number of hydrogen-bond donors (Lipinski definition) is 1. The number of carbonyl (C=O) groups is 1. The van der Waals surface area contributed by atoms with Crippen molar-refractivity contribution in [2.24, 2.45) is 0 Å². The lowest BCUT2D eigenvalue weighted by Gasteiger charge is -2.15. The van der Waals surface area contributed by atoms with Gasteiger partial charge in [0, 0.05) is 11.6 Å². The van der Waals surface area contributed by atoms with Gasteiger partial charge >= 0.3 is 0 Å². The third-order valence-electron chi connectivity index (χ3n) is 5.03. The van der Waals surface area contributed by atoms with Crippen molar-refractivity contribution in [1.29, 1.82) is 5.26 Å². The van der Waals surface area contributed by atoms with Crippen LogP contribution in [0.15, 0.2) is 42.0 Å². The van der Waals surface area contributed by atoms with Crippen LogP contribution in [0.5, 0.6) is 11.5 Å². The zero-order chi connectivity index (χ0) is 22.2. The standard InChI is InChI=1S/C24H24FIN2O3/c1-2-30-22-13-16(11-18(14-27)24(29)28-19-8-4-5-9-19)12-21(26)23(22)31-15-17-7-3-6-10-20(17)25/h3,6-7,10-13,19H,2,4-5,8-9,15H2,1H3,(H,28,29)/b18-11-. The molecule has 7 heteroatoms. The summed E-state index contributed by atoms with van der Waals surface area (Å²) >= 11 is 2.11. The average Bonchev–Trinajstić information content (AvgIpc) is 3.25. The van der Waals surface area contributed by atoms with E-state index in [4.69, 9.17) is 9.47 Å². The van der Waals surface area contributed by atoms with E-state index in [0.717, 1.165) is 29.3 Å². The zero-order valence-corrected chi connectivity index (χ0v) is 19.4. The number of amides is 1. The van der Waals surface area contributed by atoms with Gasteiger partial charge in [0.1, 0.15) is 24.1 Å². The van der Waals surface area contributed by atoms with Gasteiger partial charge < -0.3 is 14.8 Å². The first-order chi connectivity index (χ1) is 15.0. The lowest BCUT2D eigenvalue weighted by atomic mass is 10.1. The van der Waals surface area contributed by atoms with E-state index >= 15 is 0 Å². The minimum atomic E-state index is -0.359. The van der Waals surface area contributed by atoms with Gasteiger partial charge in [0.15, 0.2) is 11.5 Å². The van der Waals surface area contributed by atoms with Crippen LogP contribution in [-0.2, 0) is 11.4 Å². The van der Waals surface area contributed by atoms with Crippen LogP contribution in [0, 0.1) is 20.7 Å². The molecule has 1 aliphatic rings. The quantitative estimate of drug-likeness (QED) is 0.281. The molecule has 1 amide bonds. The minimum absolute atomic E-state index is 0.0465. The smallest absolute Gasteiger partial charge is 0.262 e. The molecule has 2 aromatic rings. The molecule has 0 bridgehead atoms. The maximum atomic E-state index is 13.9. The first-order valence-corrected chi connectivity index (χ1v) is 11.3. The fourth-order valence-electron chi connectivity index (χ4n) is 3.49. The maximum absolute atomic E-state index is 13.9. The molecule has 162 valence electrons. The second-order valence-corrected chi connectivity index (χ2v) is 8.43. The van der Waals surface area contributed by atoms with E-state index in [-0.39, 0.29) is 29.9 Å². The summed E-state index contributed by atoms with van der Waals surface area (Å²) in [6, 6.07) is 12.1. The molecule has 5 nitrogen and oxygen atoms in total. The number of nitriles is 1. The fourth-order valence-corrected chi connectivity index (χ4v) is 4.27. The molecule has 1 saturated carbocycles. The van der Waals surface area contributed by atoms with Crippen molar-refractivity contribution in [3.05, 3.63) is 62.5 Å². The Morgan fingerprint density at radius 2 is 2.03 bits per heavy atom. The Bertz CT molecular complexity index is 1010. The summed E-state index contributed by atoms with van der Waals surface area (Å²) in [5, 5.41) is 12.4. The molecular weight excluding hydrogens is 510 g/mol. The van der Waals surface area contributed by atoms with Crippen LogP contribution in [0.3, 0.4) is 0 Å². The molecule has 0 unspecified atom stereocenters. The van der Waals surface area contributed by atoms with Gasteiger partial charge in [-0.05, 0) is 72.2 Å². The van der Waals surface area contributed by atoms with Gasteiger partial charge in [-0.25, -0.2) is 4.39 Å². The number of benzene rings is 2. The molecule has 0 aliphatic heterocycles. The van der Waals surface area contributed by atoms with Crippen LogP contribution in [0.25, 0.3) is 6.08 Å². The molecular formula is C24H24FIN2O3. The SMILES string of the molecule is CCOc1cc(/C=C(/C#N)C(=O)NC2CCCC2)cc(I)c1OCc1ccccc1F. The van der Waals surface area contributed by atoms with Gasteiger partial charge in [0.05, 0.1) is 10.2 Å². The summed E-state index contributed by atoms with van der Waals surface area (Å²) in [6.45, 7) is 2.32. The third-order valence-corrected chi connectivity index (χ3v) is 5.83. The number of nitrogens with one attached hydrogen (secondary N) is 1. The Morgan fingerprint density at radius 1 is 1.29 bits per heavy atom. The van der Waals surface area contributed by atoms with Gasteiger partial charge in [0.25, 0.3) is 5.91 Å². The third kappa shape index (κ3) is 6.20. The molecule has 31 heavy (non-hydrogen) atoms. The topological polar surface area (TPSA) is 71.3 Å². The number of nitrogens with zero attached hydrogens (tertiary/aromatic N) is 1. The molecule has 1 fully saturated rings. The summed E-state index contributed by atoms with van der Waals surface area (Å²) in [6.07, 6.45) is 5.65. The molecule has 3 rings (SSSR count). The van der Waals surface area contributed by atoms with Gasteiger partial charge in [0.2, 0.25) is 0 Å². The van der Waals surface area contributed by atoms with E-state index in [1.165, 1.54) is 6.07 Å². The average molecular weight is 534 g/mol. The highest BCUT2D eigenvalue weighted by Gasteiger charge is 2.20. The molecule has 1 N–H and O–H groups in total. The predicted octanol–water partition coefficient (Wildman–Crippen LogP) is 5.37. The van der Waals surface area contributed by atoms with Gasteiger partial charge in [-0.15, -0.1) is 0 Å². The summed E-state index contributed by atoms with van der Waals surface area (Å²) in [5.74, 6) is 0.284. The largest absolute Gasteiger partial charge is 0.490 e. The Balaban J connectivity index is 1.82. The van der Waals surface area contributed by atoms with Crippen LogP contribution >= 0.6 is 22.6 Å². The summed E-state index contributed by atoms with van der Waals surface area (Å²) in [5.41, 5.74) is 1.15. The highest BCUT2D eigenvalue weighted by Crippen LogP contribution is 2.35. The van der Waals surface area contributed by atoms with Gasteiger partial charge in [-0.3, -0.25) is 4.79 Å². The molecule has 1 aliphatic carbocycles. The first kappa shape index (κ1) is 23.1. The number of halogens is 2. The zero-order valence-electron chi connectivity index (χ0n) is 17.3. The summed E-state index contributed by atoms with van der Waals surface area (Å²) < 4.78 is 26.3. The molecule has 0 spiro atoms. The highest BCUT2D eigenvalue weighted by molar-refractivity contribution is 14.1. The van der Waals surface area contributed by atoms with Gasteiger partial charge in [-0.2, -0.15) is 5.26 Å². The Labute approximate surface area is 195 Å². The lowest BCUT2D eigenvalue weighted by Crippen LogP contribution is -2.33. The van der Waals surface area contributed by atoms with Crippen molar-refractivity contribution in [3.63, 3.8) is 0 Å². The molecule has 0 atom stereocenters. The fraction of sp³-hybridized carbons (Fsp3) is 0.333. The van der Waals surface area contributed by atoms with Crippen molar-refractivity contribution in [2.75, 3.05) is 6.61 Å². The van der Waals surface area contributed by atoms with Crippen molar-refractivity contribution >= 4 is 34.6 Å².